The molecule has 0 radical (unpaired) electrons. The van der Waals surface area contributed by atoms with E-state index in [0.717, 1.165) is 34.5 Å². The van der Waals surface area contributed by atoms with Crippen molar-refractivity contribution in [3.8, 4) is 0 Å². The van der Waals surface area contributed by atoms with Crippen molar-refractivity contribution < 1.29 is 18.0 Å². The van der Waals surface area contributed by atoms with E-state index in [9.17, 15) is 18.0 Å². The van der Waals surface area contributed by atoms with Crippen LogP contribution >= 0.6 is 0 Å². The van der Waals surface area contributed by atoms with Gasteiger partial charge in [-0.2, -0.15) is 0 Å². The predicted molar refractivity (Wildman–Crippen MR) is 123 cm³/mol. The van der Waals surface area contributed by atoms with Crippen molar-refractivity contribution >= 4 is 33.2 Å². The van der Waals surface area contributed by atoms with Crippen molar-refractivity contribution in [2.75, 3.05) is 29.0 Å². The Hall–Kier alpha value is -2.87. The van der Waals surface area contributed by atoms with Gasteiger partial charge >= 0.3 is 0 Å². The number of nitrogens with zero attached hydrogens (tertiary/aromatic N) is 2. The second kappa shape index (κ2) is 9.09. The van der Waals surface area contributed by atoms with Crippen LogP contribution in [0.3, 0.4) is 0 Å². The summed E-state index contributed by atoms with van der Waals surface area (Å²) in [7, 11) is -3.73. The number of sulfonamides is 1. The summed E-state index contributed by atoms with van der Waals surface area (Å²) in [6, 6.07) is 11.2. The smallest absolute Gasteiger partial charge is 0.255 e. The highest BCUT2D eigenvalue weighted by Gasteiger charge is 2.30. The fraction of sp³-hybridized carbons (Fsp3) is 0.391. The van der Waals surface area contributed by atoms with Crippen molar-refractivity contribution in [3.63, 3.8) is 0 Å². The fourth-order valence-electron chi connectivity index (χ4n) is 3.99. The zero-order chi connectivity index (χ0) is 22.8. The molecular weight excluding hydrogens is 414 g/mol. The zero-order valence-corrected chi connectivity index (χ0v) is 19.2. The van der Waals surface area contributed by atoms with Crippen molar-refractivity contribution in [2.24, 2.45) is 0 Å². The number of carbonyl (C=O) groups is 2. The van der Waals surface area contributed by atoms with Gasteiger partial charge < -0.3 is 10.2 Å². The van der Waals surface area contributed by atoms with E-state index in [1.165, 1.54) is 0 Å². The number of anilines is 2. The van der Waals surface area contributed by atoms with E-state index in [1.807, 2.05) is 19.9 Å². The number of para-hydroxylation sites is 1. The number of benzene rings is 2. The van der Waals surface area contributed by atoms with Crippen LogP contribution in [0.4, 0.5) is 11.4 Å². The molecule has 0 aromatic heterocycles. The van der Waals surface area contributed by atoms with Crippen LogP contribution < -0.4 is 9.62 Å². The van der Waals surface area contributed by atoms with Gasteiger partial charge in [0.25, 0.3) is 5.91 Å². The summed E-state index contributed by atoms with van der Waals surface area (Å²) in [6.07, 6.45) is 3.02. The number of aryl methyl sites for hydroxylation is 2. The predicted octanol–water partition coefficient (Wildman–Crippen LogP) is 3.33. The Balaban J connectivity index is 1.89. The van der Waals surface area contributed by atoms with Crippen LogP contribution in [0.15, 0.2) is 42.5 Å². The lowest BCUT2D eigenvalue weighted by atomic mass is 10.1. The van der Waals surface area contributed by atoms with Crippen LogP contribution in [-0.4, -0.2) is 50.5 Å². The van der Waals surface area contributed by atoms with Gasteiger partial charge in [0.05, 0.1) is 23.2 Å². The number of hydrogen-bond donors (Lipinski definition) is 1. The maximum absolute atomic E-state index is 13.1. The molecule has 7 nitrogen and oxygen atoms in total. The summed E-state index contributed by atoms with van der Waals surface area (Å²) >= 11 is 0. The molecule has 1 heterocycles. The normalized spacial score (nSPS) is 14.9. The third kappa shape index (κ3) is 5.25. The summed E-state index contributed by atoms with van der Waals surface area (Å²) in [5.74, 6) is -0.637. The molecule has 1 aliphatic heterocycles. The molecule has 2 aromatic carbocycles. The highest BCUT2D eigenvalue weighted by Crippen LogP contribution is 2.25. The molecule has 0 bridgehead atoms. The van der Waals surface area contributed by atoms with Gasteiger partial charge in [0.1, 0.15) is 6.04 Å². The van der Waals surface area contributed by atoms with E-state index in [1.54, 1.807) is 48.2 Å². The molecule has 166 valence electrons. The molecule has 1 atom stereocenters. The minimum atomic E-state index is -3.73. The summed E-state index contributed by atoms with van der Waals surface area (Å²) in [4.78, 5) is 27.7. The van der Waals surface area contributed by atoms with Crippen LogP contribution in [-0.2, 0) is 14.8 Å². The standard InChI is InChI=1S/C23H29N3O4S/c1-16-13-17(2)15-19(14-16)26(31(4,29)30)18(3)22(27)24-21-10-6-5-9-20(21)23(28)25-11-7-8-12-25/h5-6,9-10,13-15,18H,7-8,11-12H2,1-4H3,(H,24,27). The van der Waals surface area contributed by atoms with E-state index in [2.05, 4.69) is 5.32 Å². The first kappa shape index (κ1) is 22.8. The molecule has 31 heavy (non-hydrogen) atoms. The molecule has 0 spiro atoms. The third-order valence-corrected chi connectivity index (χ3v) is 6.60. The molecular formula is C23H29N3O4S. The van der Waals surface area contributed by atoms with Crippen molar-refractivity contribution in [3.05, 3.63) is 59.2 Å². The van der Waals surface area contributed by atoms with E-state index < -0.39 is 22.0 Å². The first-order valence-corrected chi connectivity index (χ1v) is 12.2. The Morgan fingerprint density at radius 3 is 2.19 bits per heavy atom. The number of carbonyl (C=O) groups excluding carboxylic acids is 2. The van der Waals surface area contributed by atoms with Crippen LogP contribution in [0, 0.1) is 13.8 Å². The average Bonchev–Trinajstić information content (AvgIpc) is 3.21. The summed E-state index contributed by atoms with van der Waals surface area (Å²) in [6.45, 7) is 6.70. The van der Waals surface area contributed by atoms with E-state index in [4.69, 9.17) is 0 Å². The summed E-state index contributed by atoms with van der Waals surface area (Å²) in [5.41, 5.74) is 3.02. The first-order chi connectivity index (χ1) is 14.6. The third-order valence-electron chi connectivity index (χ3n) is 5.36. The molecule has 1 fully saturated rings. The fourth-order valence-corrected chi connectivity index (χ4v) is 5.15. The lowest BCUT2D eigenvalue weighted by Gasteiger charge is -2.29. The highest BCUT2D eigenvalue weighted by molar-refractivity contribution is 7.92. The molecule has 1 saturated heterocycles. The Labute approximate surface area is 184 Å². The number of likely N-dealkylation sites (tertiary alicyclic amines) is 1. The van der Waals surface area contributed by atoms with Crippen molar-refractivity contribution in [1.82, 2.24) is 4.90 Å². The minimum Gasteiger partial charge on any atom is -0.339 e. The molecule has 1 N–H and O–H groups in total. The molecule has 3 rings (SSSR count). The maximum Gasteiger partial charge on any atom is 0.255 e. The second-order valence-corrected chi connectivity index (χ2v) is 9.97. The van der Waals surface area contributed by atoms with Gasteiger partial charge in [-0.3, -0.25) is 13.9 Å². The molecule has 0 saturated carbocycles. The van der Waals surface area contributed by atoms with Gasteiger partial charge in [0.2, 0.25) is 15.9 Å². The topological polar surface area (TPSA) is 86.8 Å². The van der Waals surface area contributed by atoms with E-state index in [-0.39, 0.29) is 5.91 Å². The molecule has 1 aliphatic rings. The van der Waals surface area contributed by atoms with Gasteiger partial charge in [-0.05, 0) is 69.0 Å². The number of rotatable bonds is 6. The molecule has 8 heteroatoms. The number of amides is 2. The number of nitrogens with one attached hydrogen (secondary N) is 1. The lowest BCUT2D eigenvalue weighted by molar-refractivity contribution is -0.116. The maximum atomic E-state index is 13.1. The highest BCUT2D eigenvalue weighted by atomic mass is 32.2. The Morgan fingerprint density at radius 1 is 1.03 bits per heavy atom. The number of hydrogen-bond acceptors (Lipinski definition) is 4. The van der Waals surface area contributed by atoms with Gasteiger partial charge in [-0.15, -0.1) is 0 Å². The van der Waals surface area contributed by atoms with Crippen molar-refractivity contribution in [1.29, 1.82) is 0 Å². The van der Waals surface area contributed by atoms with Crippen LogP contribution in [0.1, 0.15) is 41.3 Å². The lowest BCUT2D eigenvalue weighted by Crippen LogP contribution is -2.45. The van der Waals surface area contributed by atoms with Gasteiger partial charge in [-0.1, -0.05) is 18.2 Å². The molecule has 1 unspecified atom stereocenters. The zero-order valence-electron chi connectivity index (χ0n) is 18.4. The monoisotopic (exact) mass is 443 g/mol. The van der Waals surface area contributed by atoms with E-state index in [0.29, 0.717) is 30.0 Å². The summed E-state index contributed by atoms with van der Waals surface area (Å²) < 4.78 is 26.3. The average molecular weight is 444 g/mol. The van der Waals surface area contributed by atoms with Crippen LogP contribution in [0.5, 0.6) is 0 Å². The summed E-state index contributed by atoms with van der Waals surface area (Å²) in [5, 5.41) is 2.77. The van der Waals surface area contributed by atoms with Gasteiger partial charge in [0.15, 0.2) is 0 Å². The Bertz CT molecular complexity index is 1070. The Kier molecular flexibility index (Phi) is 6.69. The molecule has 0 aliphatic carbocycles. The van der Waals surface area contributed by atoms with Crippen LogP contribution in [0.25, 0.3) is 0 Å². The second-order valence-electron chi connectivity index (χ2n) is 8.11. The molecule has 2 amide bonds. The first-order valence-electron chi connectivity index (χ1n) is 10.3. The minimum absolute atomic E-state index is 0.129. The molecule has 2 aromatic rings. The Morgan fingerprint density at radius 2 is 1.61 bits per heavy atom. The van der Waals surface area contributed by atoms with Crippen LogP contribution in [0.2, 0.25) is 0 Å². The van der Waals surface area contributed by atoms with Gasteiger partial charge in [0, 0.05) is 13.1 Å². The van der Waals surface area contributed by atoms with E-state index >= 15 is 0 Å². The quantitative estimate of drug-likeness (QED) is 0.742. The SMILES string of the molecule is Cc1cc(C)cc(N(C(C)C(=O)Nc2ccccc2C(=O)N2CCCC2)S(C)(=O)=O)c1. The van der Waals surface area contributed by atoms with Crippen molar-refractivity contribution in [2.45, 2.75) is 39.7 Å². The largest absolute Gasteiger partial charge is 0.339 e. The van der Waals surface area contributed by atoms with Gasteiger partial charge in [-0.25, -0.2) is 8.42 Å².